The average molecular weight is 233 g/mol. The van der Waals surface area contributed by atoms with Gasteiger partial charge in [-0.2, -0.15) is 0 Å². The van der Waals surface area contributed by atoms with Crippen molar-refractivity contribution in [3.05, 3.63) is 35.9 Å². The second-order valence-corrected chi connectivity index (χ2v) is 3.55. The van der Waals surface area contributed by atoms with Gasteiger partial charge in [-0.3, -0.25) is 9.59 Å². The molecule has 1 N–H and O–H groups in total. The van der Waals surface area contributed by atoms with E-state index in [2.05, 4.69) is 0 Å². The number of carbonyl (C=O) groups excluding carboxylic acids is 2. The lowest BCUT2D eigenvalue weighted by atomic mass is 10.0. The van der Waals surface area contributed by atoms with Gasteiger partial charge in [0, 0.05) is 17.7 Å². The first-order chi connectivity index (χ1) is 8.13. The summed E-state index contributed by atoms with van der Waals surface area (Å²) in [5.41, 5.74) is 0.637. The summed E-state index contributed by atoms with van der Waals surface area (Å²) in [5.74, 6) is -0.613. The summed E-state index contributed by atoms with van der Waals surface area (Å²) in [5, 5.41) is 7.56. The van der Waals surface area contributed by atoms with Crippen molar-refractivity contribution in [2.45, 2.75) is 19.8 Å². The second-order valence-electron chi connectivity index (χ2n) is 3.55. The van der Waals surface area contributed by atoms with E-state index in [0.717, 1.165) is 0 Å². The molecular formula is C13H15NO3. The SMILES string of the molecule is CCOC(=O)CC(=N)CC(=O)c1ccccc1. The molecule has 0 aliphatic heterocycles. The largest absolute Gasteiger partial charge is 0.466 e. The maximum absolute atomic E-state index is 11.7. The minimum atomic E-state index is -0.460. The standard InChI is InChI=1S/C13H15NO3/c1-2-17-13(16)9-11(14)8-12(15)10-6-4-3-5-7-10/h3-7,14H,2,8-9H2,1H3. The second kappa shape index (κ2) is 6.58. The van der Waals surface area contributed by atoms with Crippen LogP contribution in [0.3, 0.4) is 0 Å². The molecule has 0 spiro atoms. The maximum atomic E-state index is 11.7. The van der Waals surface area contributed by atoms with Crippen molar-refractivity contribution >= 4 is 17.5 Å². The van der Waals surface area contributed by atoms with Gasteiger partial charge in [-0.05, 0) is 6.92 Å². The van der Waals surface area contributed by atoms with E-state index in [9.17, 15) is 9.59 Å². The van der Waals surface area contributed by atoms with Crippen LogP contribution in [0.4, 0.5) is 0 Å². The summed E-state index contributed by atoms with van der Waals surface area (Å²) in [6.07, 6.45) is -0.157. The van der Waals surface area contributed by atoms with Gasteiger partial charge in [0.25, 0.3) is 0 Å². The molecule has 1 aromatic carbocycles. The molecule has 0 saturated heterocycles. The number of hydrogen-bond acceptors (Lipinski definition) is 4. The smallest absolute Gasteiger partial charge is 0.311 e. The van der Waals surface area contributed by atoms with Crippen molar-refractivity contribution in [1.82, 2.24) is 0 Å². The Labute approximate surface area is 100 Å². The zero-order valence-electron chi connectivity index (χ0n) is 9.73. The number of esters is 1. The number of benzene rings is 1. The van der Waals surface area contributed by atoms with Crippen LogP contribution < -0.4 is 0 Å². The monoisotopic (exact) mass is 233 g/mol. The van der Waals surface area contributed by atoms with Gasteiger partial charge in [0.05, 0.1) is 13.0 Å². The van der Waals surface area contributed by atoms with Crippen LogP contribution in [0.15, 0.2) is 30.3 Å². The van der Waals surface area contributed by atoms with Crippen LogP contribution in [0.5, 0.6) is 0 Å². The Morgan fingerprint density at radius 2 is 1.82 bits per heavy atom. The predicted molar refractivity (Wildman–Crippen MR) is 64.4 cm³/mol. The number of ether oxygens (including phenoxy) is 1. The Hall–Kier alpha value is -1.97. The van der Waals surface area contributed by atoms with Gasteiger partial charge in [0.1, 0.15) is 0 Å². The first-order valence-electron chi connectivity index (χ1n) is 5.43. The molecule has 1 aromatic rings. The fraction of sp³-hybridized carbons (Fsp3) is 0.308. The molecule has 0 radical (unpaired) electrons. The minimum absolute atomic E-state index is 0.0389. The fourth-order valence-electron chi connectivity index (χ4n) is 1.37. The third-order valence-electron chi connectivity index (χ3n) is 2.13. The molecule has 1 rings (SSSR count). The summed E-state index contributed by atoms with van der Waals surface area (Å²) in [6, 6.07) is 8.74. The van der Waals surface area contributed by atoms with Gasteiger partial charge in [-0.1, -0.05) is 30.3 Å². The number of hydrogen-bond donors (Lipinski definition) is 1. The average Bonchev–Trinajstić information content (AvgIpc) is 2.30. The molecule has 0 heterocycles. The molecule has 0 amide bonds. The van der Waals surface area contributed by atoms with E-state index in [1.54, 1.807) is 31.2 Å². The van der Waals surface area contributed by atoms with Crippen LogP contribution in [-0.2, 0) is 9.53 Å². The van der Waals surface area contributed by atoms with Crippen LogP contribution in [0.2, 0.25) is 0 Å². The van der Waals surface area contributed by atoms with Gasteiger partial charge in [-0.25, -0.2) is 0 Å². The van der Waals surface area contributed by atoms with E-state index in [1.807, 2.05) is 6.07 Å². The topological polar surface area (TPSA) is 67.2 Å². The number of carbonyl (C=O) groups is 2. The molecule has 0 aliphatic rings. The highest BCUT2D eigenvalue weighted by Crippen LogP contribution is 2.05. The van der Waals surface area contributed by atoms with Crippen molar-refractivity contribution in [2.75, 3.05) is 6.61 Å². The molecule has 0 aromatic heterocycles. The third-order valence-corrected chi connectivity index (χ3v) is 2.13. The Balaban J connectivity index is 2.47. The molecule has 0 bridgehead atoms. The fourth-order valence-corrected chi connectivity index (χ4v) is 1.37. The summed E-state index contributed by atoms with van der Waals surface area (Å²) in [6.45, 7) is 2.00. The third kappa shape index (κ3) is 4.59. The Morgan fingerprint density at radius 1 is 1.18 bits per heavy atom. The number of nitrogens with one attached hydrogen (secondary N) is 1. The maximum Gasteiger partial charge on any atom is 0.311 e. The Morgan fingerprint density at radius 3 is 2.41 bits per heavy atom. The number of ketones is 1. The van der Waals surface area contributed by atoms with Gasteiger partial charge in [0.15, 0.2) is 5.78 Å². The lowest BCUT2D eigenvalue weighted by Crippen LogP contribution is -2.14. The molecule has 90 valence electrons. The quantitative estimate of drug-likeness (QED) is 0.465. The summed E-state index contributed by atoms with van der Waals surface area (Å²) in [4.78, 5) is 22.8. The van der Waals surface area contributed by atoms with Crippen LogP contribution in [0.25, 0.3) is 0 Å². The summed E-state index contributed by atoms with van der Waals surface area (Å²) < 4.78 is 4.71. The van der Waals surface area contributed by atoms with Crippen LogP contribution >= 0.6 is 0 Å². The van der Waals surface area contributed by atoms with Crippen molar-refractivity contribution in [3.63, 3.8) is 0 Å². The molecule has 0 atom stereocenters. The van der Waals surface area contributed by atoms with E-state index in [-0.39, 0.29) is 24.3 Å². The van der Waals surface area contributed by atoms with Crippen molar-refractivity contribution in [2.24, 2.45) is 0 Å². The highest BCUT2D eigenvalue weighted by Gasteiger charge is 2.12. The van der Waals surface area contributed by atoms with Gasteiger partial charge in [-0.15, -0.1) is 0 Å². The molecule has 0 fully saturated rings. The Bertz CT molecular complexity index is 412. The van der Waals surface area contributed by atoms with Crippen LogP contribution in [0, 0.1) is 5.41 Å². The summed E-state index contributed by atoms with van der Waals surface area (Å²) in [7, 11) is 0. The minimum Gasteiger partial charge on any atom is -0.466 e. The lowest BCUT2D eigenvalue weighted by molar-refractivity contribution is -0.141. The highest BCUT2D eigenvalue weighted by molar-refractivity contribution is 6.12. The van der Waals surface area contributed by atoms with E-state index in [4.69, 9.17) is 10.1 Å². The van der Waals surface area contributed by atoms with E-state index >= 15 is 0 Å². The van der Waals surface area contributed by atoms with E-state index in [1.165, 1.54) is 0 Å². The van der Waals surface area contributed by atoms with Gasteiger partial charge >= 0.3 is 5.97 Å². The van der Waals surface area contributed by atoms with Crippen LogP contribution in [0.1, 0.15) is 30.1 Å². The predicted octanol–water partition coefficient (Wildman–Crippen LogP) is 2.23. The molecule has 0 unspecified atom stereocenters. The van der Waals surface area contributed by atoms with Crippen LogP contribution in [-0.4, -0.2) is 24.1 Å². The summed E-state index contributed by atoms with van der Waals surface area (Å²) >= 11 is 0. The van der Waals surface area contributed by atoms with Crippen molar-refractivity contribution in [3.8, 4) is 0 Å². The first kappa shape index (κ1) is 13.1. The zero-order chi connectivity index (χ0) is 12.7. The number of rotatable bonds is 6. The molecule has 17 heavy (non-hydrogen) atoms. The zero-order valence-corrected chi connectivity index (χ0v) is 9.73. The number of Topliss-reactive ketones (excluding diaryl/α,β-unsaturated/α-hetero) is 1. The molecule has 0 aliphatic carbocycles. The molecule has 4 nitrogen and oxygen atoms in total. The van der Waals surface area contributed by atoms with Crippen molar-refractivity contribution in [1.29, 1.82) is 5.41 Å². The molecule has 0 saturated carbocycles. The van der Waals surface area contributed by atoms with Crippen molar-refractivity contribution < 1.29 is 14.3 Å². The van der Waals surface area contributed by atoms with Gasteiger partial charge in [0.2, 0.25) is 0 Å². The lowest BCUT2D eigenvalue weighted by Gasteiger charge is -2.03. The first-order valence-corrected chi connectivity index (χ1v) is 5.43. The Kier molecular flexibility index (Phi) is 5.07. The highest BCUT2D eigenvalue weighted by atomic mass is 16.5. The normalized spacial score (nSPS) is 9.71. The van der Waals surface area contributed by atoms with E-state index < -0.39 is 5.97 Å². The molecule has 4 heteroatoms. The van der Waals surface area contributed by atoms with Gasteiger partial charge < -0.3 is 10.1 Å². The molecular weight excluding hydrogens is 218 g/mol. The van der Waals surface area contributed by atoms with E-state index in [0.29, 0.717) is 12.2 Å².